The zero-order valence-corrected chi connectivity index (χ0v) is 18.8. The van der Waals surface area contributed by atoms with Gasteiger partial charge in [-0.2, -0.15) is 4.31 Å². The van der Waals surface area contributed by atoms with Crippen molar-refractivity contribution >= 4 is 50.2 Å². The summed E-state index contributed by atoms with van der Waals surface area (Å²) < 4.78 is 28.4. The first-order chi connectivity index (χ1) is 14.2. The zero-order valence-electron chi connectivity index (χ0n) is 17.1. The van der Waals surface area contributed by atoms with Crippen molar-refractivity contribution in [3.8, 4) is 0 Å². The van der Waals surface area contributed by atoms with Crippen molar-refractivity contribution in [1.29, 1.82) is 0 Å². The van der Waals surface area contributed by atoms with Crippen molar-refractivity contribution in [1.82, 2.24) is 19.6 Å². The zero-order chi connectivity index (χ0) is 21.6. The number of nitrogens with zero attached hydrogens (tertiary/aromatic N) is 1. The van der Waals surface area contributed by atoms with E-state index in [4.69, 9.17) is 0 Å². The molecule has 1 unspecified atom stereocenters. The predicted molar refractivity (Wildman–Crippen MR) is 121 cm³/mol. The van der Waals surface area contributed by atoms with Gasteiger partial charge >= 0.3 is 5.97 Å². The molecule has 2 aromatic heterocycles. The van der Waals surface area contributed by atoms with E-state index < -0.39 is 21.6 Å². The van der Waals surface area contributed by atoms with Crippen LogP contribution in [0.15, 0.2) is 34.1 Å². The largest absolute Gasteiger partial charge is 0.478 e. The average molecular weight is 469 g/mol. The fraction of sp³-hybridized carbons (Fsp3) is 0.400. The van der Waals surface area contributed by atoms with Gasteiger partial charge in [0.15, 0.2) is 0 Å². The van der Waals surface area contributed by atoms with Gasteiger partial charge in [0.2, 0.25) is 10.0 Å². The Balaban J connectivity index is 0.00000272. The van der Waals surface area contributed by atoms with Crippen LogP contribution in [0.5, 0.6) is 0 Å². The number of aromatic nitrogens is 2. The Morgan fingerprint density at radius 2 is 2.06 bits per heavy atom. The van der Waals surface area contributed by atoms with E-state index in [-0.39, 0.29) is 45.9 Å². The summed E-state index contributed by atoms with van der Waals surface area (Å²) in [4.78, 5) is 29.3. The molecule has 1 atom stereocenters. The third-order valence-corrected chi connectivity index (χ3v) is 7.63. The summed E-state index contributed by atoms with van der Waals surface area (Å²) in [6.07, 6.45) is 3.18. The van der Waals surface area contributed by atoms with E-state index in [9.17, 15) is 23.1 Å². The second-order valence-corrected chi connectivity index (χ2v) is 9.77. The second-order valence-electron chi connectivity index (χ2n) is 7.88. The molecule has 31 heavy (non-hydrogen) atoms. The van der Waals surface area contributed by atoms with E-state index in [1.54, 1.807) is 0 Å². The van der Waals surface area contributed by atoms with Crippen molar-refractivity contribution in [3.63, 3.8) is 0 Å². The minimum Gasteiger partial charge on any atom is -0.478 e. The minimum atomic E-state index is -3.83. The summed E-state index contributed by atoms with van der Waals surface area (Å²) in [5.41, 5.74) is -0.0596. The maximum Gasteiger partial charge on any atom is 0.337 e. The molecule has 3 aromatic rings. The van der Waals surface area contributed by atoms with E-state index in [0.29, 0.717) is 17.4 Å². The molecule has 1 fully saturated rings. The van der Waals surface area contributed by atoms with Crippen LogP contribution < -0.4 is 10.9 Å². The van der Waals surface area contributed by atoms with Crippen LogP contribution in [0.2, 0.25) is 0 Å². The molecule has 0 spiro atoms. The molecule has 0 saturated carbocycles. The predicted octanol–water partition coefficient (Wildman–Crippen LogP) is 2.28. The maximum atomic E-state index is 13.5. The minimum absolute atomic E-state index is 0. The number of carbonyl (C=O) groups is 1. The van der Waals surface area contributed by atoms with Crippen LogP contribution in [0.4, 0.5) is 0 Å². The van der Waals surface area contributed by atoms with Crippen molar-refractivity contribution in [2.24, 2.45) is 0 Å². The van der Waals surface area contributed by atoms with Gasteiger partial charge in [-0.3, -0.25) is 4.79 Å². The SMILES string of the molecule is CC(C)N(CC1CCCN1)S(=O)(=O)c1ccc2[nH]c(=O)c3[nH]cc(C(=O)O)c3c2c1.Cl. The molecule has 1 saturated heterocycles. The Kier molecular flexibility index (Phi) is 6.47. The third-order valence-electron chi connectivity index (χ3n) is 5.59. The number of benzene rings is 1. The van der Waals surface area contributed by atoms with Gasteiger partial charge in [0.25, 0.3) is 5.56 Å². The molecular formula is C20H25ClN4O5S. The number of hydrogen-bond donors (Lipinski definition) is 4. The van der Waals surface area contributed by atoms with Crippen LogP contribution in [-0.2, 0) is 10.0 Å². The standard InChI is InChI=1S/C20H24N4O5S.ClH/c1-11(2)24(10-12-4-3-7-21-12)30(28,29)13-5-6-16-14(8-13)17-15(20(26)27)9-22-18(17)19(25)23-16;/h5-6,8-9,11-12,21-22H,3-4,7,10H2,1-2H3,(H,23,25)(H,26,27);1H. The van der Waals surface area contributed by atoms with Gasteiger partial charge < -0.3 is 20.4 Å². The van der Waals surface area contributed by atoms with Gasteiger partial charge in [0.05, 0.1) is 10.5 Å². The van der Waals surface area contributed by atoms with Crippen LogP contribution in [0, 0.1) is 0 Å². The first-order valence-corrected chi connectivity index (χ1v) is 11.3. The Bertz CT molecular complexity index is 1290. The molecule has 3 heterocycles. The number of hydrogen-bond acceptors (Lipinski definition) is 5. The lowest BCUT2D eigenvalue weighted by atomic mass is 10.1. The van der Waals surface area contributed by atoms with E-state index in [1.807, 2.05) is 13.8 Å². The molecule has 9 nitrogen and oxygen atoms in total. The van der Waals surface area contributed by atoms with Crippen molar-refractivity contribution in [2.45, 2.75) is 43.7 Å². The van der Waals surface area contributed by atoms with Gasteiger partial charge in [-0.15, -0.1) is 12.4 Å². The fourth-order valence-electron chi connectivity index (χ4n) is 4.09. The number of nitrogens with one attached hydrogen (secondary N) is 3. The Hall–Kier alpha value is -2.40. The summed E-state index contributed by atoms with van der Waals surface area (Å²) in [5.74, 6) is -1.20. The molecular weight excluding hydrogens is 444 g/mol. The molecule has 0 aliphatic carbocycles. The van der Waals surface area contributed by atoms with Crippen LogP contribution in [-0.4, -0.2) is 58.9 Å². The van der Waals surface area contributed by atoms with Gasteiger partial charge in [0.1, 0.15) is 5.52 Å². The van der Waals surface area contributed by atoms with Crippen molar-refractivity contribution in [3.05, 3.63) is 40.3 Å². The normalized spacial score (nSPS) is 17.0. The number of carboxylic acid groups (broad SMARTS) is 1. The lowest BCUT2D eigenvalue weighted by Crippen LogP contribution is -2.44. The number of pyridine rings is 1. The number of H-pyrrole nitrogens is 2. The molecule has 0 bridgehead atoms. The third kappa shape index (κ3) is 4.08. The van der Waals surface area contributed by atoms with E-state index in [0.717, 1.165) is 19.4 Å². The number of aromatic amines is 2. The Morgan fingerprint density at radius 1 is 1.32 bits per heavy atom. The number of fused-ring (bicyclic) bond motifs is 3. The monoisotopic (exact) mass is 468 g/mol. The molecule has 1 aliphatic heterocycles. The number of carboxylic acids is 1. The Labute approximate surface area is 185 Å². The Morgan fingerprint density at radius 3 is 2.68 bits per heavy atom. The van der Waals surface area contributed by atoms with Crippen molar-refractivity contribution in [2.75, 3.05) is 13.1 Å². The van der Waals surface area contributed by atoms with Gasteiger partial charge in [-0.1, -0.05) is 0 Å². The molecule has 0 radical (unpaired) electrons. The first-order valence-electron chi connectivity index (χ1n) is 9.86. The van der Waals surface area contributed by atoms with Crippen LogP contribution >= 0.6 is 12.4 Å². The van der Waals surface area contributed by atoms with Crippen LogP contribution in [0.3, 0.4) is 0 Å². The summed E-state index contributed by atoms with van der Waals surface area (Å²) in [6.45, 7) is 4.91. The lowest BCUT2D eigenvalue weighted by Gasteiger charge is -2.28. The highest BCUT2D eigenvalue weighted by atomic mass is 35.5. The second kappa shape index (κ2) is 8.62. The van der Waals surface area contributed by atoms with Crippen LogP contribution in [0.25, 0.3) is 21.8 Å². The summed E-state index contributed by atoms with van der Waals surface area (Å²) >= 11 is 0. The molecule has 4 N–H and O–H groups in total. The van der Waals surface area contributed by atoms with Crippen molar-refractivity contribution < 1.29 is 18.3 Å². The molecule has 4 rings (SSSR count). The van der Waals surface area contributed by atoms with Crippen LogP contribution in [0.1, 0.15) is 37.0 Å². The number of sulfonamides is 1. The number of aromatic carboxylic acids is 1. The molecule has 0 amide bonds. The van der Waals surface area contributed by atoms with E-state index in [1.165, 1.54) is 28.7 Å². The van der Waals surface area contributed by atoms with Gasteiger partial charge in [-0.05, 0) is 51.4 Å². The first kappa shape index (κ1) is 23.3. The van der Waals surface area contributed by atoms with E-state index >= 15 is 0 Å². The lowest BCUT2D eigenvalue weighted by molar-refractivity contribution is 0.0699. The molecule has 11 heteroatoms. The van der Waals surface area contributed by atoms with Gasteiger partial charge in [0, 0.05) is 41.1 Å². The average Bonchev–Trinajstić information content (AvgIpc) is 3.35. The number of rotatable bonds is 6. The molecule has 1 aliphatic rings. The van der Waals surface area contributed by atoms with Gasteiger partial charge in [-0.25, -0.2) is 13.2 Å². The smallest absolute Gasteiger partial charge is 0.337 e. The topological polar surface area (TPSA) is 135 Å². The molecule has 1 aromatic carbocycles. The summed E-state index contributed by atoms with van der Waals surface area (Å²) in [7, 11) is -3.83. The highest BCUT2D eigenvalue weighted by molar-refractivity contribution is 7.89. The maximum absolute atomic E-state index is 13.5. The fourth-order valence-corrected chi connectivity index (χ4v) is 5.80. The quantitative estimate of drug-likeness (QED) is 0.438. The summed E-state index contributed by atoms with van der Waals surface area (Å²) in [6, 6.07) is 4.26. The number of halogens is 1. The summed E-state index contributed by atoms with van der Waals surface area (Å²) in [5, 5.41) is 13.4. The van der Waals surface area contributed by atoms with E-state index in [2.05, 4.69) is 15.3 Å². The highest BCUT2D eigenvalue weighted by Gasteiger charge is 2.31. The highest BCUT2D eigenvalue weighted by Crippen LogP contribution is 2.29. The molecule has 168 valence electrons.